The summed E-state index contributed by atoms with van der Waals surface area (Å²) in [4.78, 5) is 25.7. The summed E-state index contributed by atoms with van der Waals surface area (Å²) in [5.41, 5.74) is 8.46. The number of ether oxygens (including phenoxy) is 3. The number of hydrogen-bond donors (Lipinski definition) is 4. The highest BCUT2D eigenvalue weighted by Crippen LogP contribution is 2.30. The van der Waals surface area contributed by atoms with Crippen molar-refractivity contribution in [1.82, 2.24) is 0 Å². The van der Waals surface area contributed by atoms with Crippen molar-refractivity contribution in [3.63, 3.8) is 0 Å². The minimum Gasteiger partial charge on any atom is -0.491 e. The average molecular weight is 607 g/mol. The smallest absolute Gasteiger partial charge is 0.412 e. The molecular formula is C35H34N4O6. The summed E-state index contributed by atoms with van der Waals surface area (Å²) in [6, 6.07) is 31.6. The number of aliphatic hydroxyl groups excluding tert-OH is 1. The number of anilines is 3. The highest BCUT2D eigenvalue weighted by molar-refractivity contribution is 6.01. The van der Waals surface area contributed by atoms with Gasteiger partial charge in [0, 0.05) is 5.69 Å². The van der Waals surface area contributed by atoms with Gasteiger partial charge >= 0.3 is 6.09 Å². The second-order valence-electron chi connectivity index (χ2n) is 9.81. The van der Waals surface area contributed by atoms with Crippen LogP contribution in [0, 0.1) is 11.3 Å². The van der Waals surface area contributed by atoms with Crippen molar-refractivity contribution in [2.24, 2.45) is 0 Å². The molecule has 4 aromatic rings. The van der Waals surface area contributed by atoms with E-state index in [1.54, 1.807) is 91.0 Å². The lowest BCUT2D eigenvalue weighted by molar-refractivity contribution is -0.111. The quantitative estimate of drug-likeness (QED) is 0.0973. The van der Waals surface area contributed by atoms with Crippen LogP contribution in [0.4, 0.5) is 21.9 Å². The van der Waals surface area contributed by atoms with Crippen LogP contribution in [0.5, 0.6) is 11.5 Å². The van der Waals surface area contributed by atoms with Crippen molar-refractivity contribution >= 4 is 29.1 Å². The van der Waals surface area contributed by atoms with Gasteiger partial charge in [-0.2, -0.15) is 5.26 Å². The largest absolute Gasteiger partial charge is 0.491 e. The standard InChI is InChI=1S/C35H34N4O6/c36-24-25-14-18-27(19-15-25)38-35(42)45-34(26-16-20-28(21-17-26)43-23-22-40)32(44-29-8-2-1-3-9-29)12-6-7-13-33(41)39-31-11-5-4-10-30(31)37/h1-5,7-11,13-21,32,34,40H,6,12,22-23,37H2,(H,38,42)(H,39,41)/b13-7+/t32-,34-/m1/s1. The highest BCUT2D eigenvalue weighted by Gasteiger charge is 2.29. The van der Waals surface area contributed by atoms with Crippen molar-refractivity contribution in [2.75, 3.05) is 29.6 Å². The van der Waals surface area contributed by atoms with E-state index in [9.17, 15) is 9.59 Å². The molecule has 0 spiro atoms. The van der Waals surface area contributed by atoms with E-state index in [2.05, 4.69) is 10.6 Å². The van der Waals surface area contributed by atoms with E-state index in [0.29, 0.717) is 52.5 Å². The SMILES string of the molecule is N#Cc1ccc(NC(=O)O[C@H](c2ccc(OCCO)cc2)[C@@H](CC/C=C/C(=O)Nc2ccccc2N)Oc2ccccc2)cc1. The maximum Gasteiger partial charge on any atom is 0.412 e. The fraction of sp³-hybridized carbons (Fsp3) is 0.171. The number of hydrogen-bond acceptors (Lipinski definition) is 8. The number of carbonyl (C=O) groups excluding carboxylic acids is 2. The lowest BCUT2D eigenvalue weighted by Crippen LogP contribution is -2.31. The van der Waals surface area contributed by atoms with Gasteiger partial charge in [-0.25, -0.2) is 4.79 Å². The molecule has 0 saturated carbocycles. The molecule has 5 N–H and O–H groups in total. The zero-order chi connectivity index (χ0) is 31.9. The third-order valence-electron chi connectivity index (χ3n) is 6.54. The highest BCUT2D eigenvalue weighted by atomic mass is 16.6. The summed E-state index contributed by atoms with van der Waals surface area (Å²) in [5, 5.41) is 23.6. The number of allylic oxidation sites excluding steroid dienone is 1. The molecule has 0 saturated heterocycles. The fourth-order valence-corrected chi connectivity index (χ4v) is 4.35. The summed E-state index contributed by atoms with van der Waals surface area (Å²) in [5.74, 6) is 0.788. The zero-order valence-corrected chi connectivity index (χ0v) is 24.5. The van der Waals surface area contributed by atoms with E-state index in [1.807, 2.05) is 24.3 Å². The number of carbonyl (C=O) groups is 2. The Labute approximate surface area is 261 Å². The number of benzene rings is 4. The first-order valence-corrected chi connectivity index (χ1v) is 14.3. The third kappa shape index (κ3) is 10.2. The van der Waals surface area contributed by atoms with Crippen LogP contribution >= 0.6 is 0 Å². The van der Waals surface area contributed by atoms with Gasteiger partial charge in [-0.1, -0.05) is 48.5 Å². The minimum atomic E-state index is -0.873. The van der Waals surface area contributed by atoms with Crippen LogP contribution in [0.25, 0.3) is 0 Å². The van der Waals surface area contributed by atoms with Gasteiger partial charge in [-0.15, -0.1) is 0 Å². The lowest BCUT2D eigenvalue weighted by atomic mass is 10.00. The molecule has 0 aliphatic carbocycles. The van der Waals surface area contributed by atoms with Gasteiger partial charge in [0.2, 0.25) is 5.91 Å². The molecular weight excluding hydrogens is 572 g/mol. The molecule has 10 nitrogen and oxygen atoms in total. The normalized spacial score (nSPS) is 12.0. The second kappa shape index (κ2) is 16.7. The summed E-state index contributed by atoms with van der Waals surface area (Å²) >= 11 is 0. The number of nitrogens with zero attached hydrogens (tertiary/aromatic N) is 1. The Hall–Kier alpha value is -5.79. The Kier molecular flexibility index (Phi) is 12.0. The van der Waals surface area contributed by atoms with E-state index in [0.717, 1.165) is 0 Å². The van der Waals surface area contributed by atoms with Gasteiger partial charge in [-0.05, 0) is 85.1 Å². The van der Waals surface area contributed by atoms with E-state index >= 15 is 0 Å². The average Bonchev–Trinajstić information content (AvgIpc) is 3.06. The van der Waals surface area contributed by atoms with Crippen molar-refractivity contribution in [3.8, 4) is 17.6 Å². The molecule has 2 amide bonds. The topological polar surface area (TPSA) is 156 Å². The first-order valence-electron chi connectivity index (χ1n) is 14.3. The molecule has 0 aliphatic rings. The Morgan fingerprint density at radius 2 is 1.60 bits per heavy atom. The molecule has 45 heavy (non-hydrogen) atoms. The number of nitrogen functional groups attached to an aromatic ring is 1. The summed E-state index contributed by atoms with van der Waals surface area (Å²) in [6.07, 6.45) is 1.68. The summed E-state index contributed by atoms with van der Waals surface area (Å²) < 4.78 is 17.9. The maximum atomic E-state index is 13.2. The number of nitrogens with one attached hydrogen (secondary N) is 2. The van der Waals surface area contributed by atoms with Gasteiger partial charge in [0.05, 0.1) is 29.6 Å². The maximum absolute atomic E-state index is 13.2. The molecule has 0 fully saturated rings. The molecule has 10 heteroatoms. The van der Waals surface area contributed by atoms with Crippen LogP contribution in [-0.4, -0.2) is 36.4 Å². The van der Waals surface area contributed by atoms with E-state index in [4.69, 9.17) is 30.3 Å². The molecule has 2 atom stereocenters. The number of nitrogens with two attached hydrogens (primary N) is 1. The molecule has 0 aliphatic heterocycles. The van der Waals surface area contributed by atoms with E-state index in [-0.39, 0.29) is 19.1 Å². The van der Waals surface area contributed by atoms with Crippen molar-refractivity contribution in [2.45, 2.75) is 25.0 Å². The molecule has 0 aromatic heterocycles. The number of para-hydroxylation sites is 3. The molecule has 0 radical (unpaired) electrons. The Morgan fingerprint density at radius 1 is 0.889 bits per heavy atom. The first kappa shape index (κ1) is 32.1. The van der Waals surface area contributed by atoms with Crippen LogP contribution in [-0.2, 0) is 9.53 Å². The molecule has 4 aromatic carbocycles. The van der Waals surface area contributed by atoms with Crippen molar-refractivity contribution in [3.05, 3.63) is 126 Å². The monoisotopic (exact) mass is 606 g/mol. The van der Waals surface area contributed by atoms with E-state index in [1.165, 1.54) is 6.08 Å². The van der Waals surface area contributed by atoms with Gasteiger partial charge < -0.3 is 30.4 Å². The zero-order valence-electron chi connectivity index (χ0n) is 24.5. The van der Waals surface area contributed by atoms with Crippen LogP contribution in [0.15, 0.2) is 115 Å². The Balaban J connectivity index is 1.55. The minimum absolute atomic E-state index is 0.125. The number of aliphatic hydroxyl groups is 1. The molecule has 4 rings (SSSR count). The van der Waals surface area contributed by atoms with Crippen LogP contribution in [0.3, 0.4) is 0 Å². The number of rotatable bonds is 14. The first-order chi connectivity index (χ1) is 21.9. The number of nitriles is 1. The van der Waals surface area contributed by atoms with Crippen molar-refractivity contribution in [1.29, 1.82) is 5.26 Å². The Morgan fingerprint density at radius 3 is 2.29 bits per heavy atom. The van der Waals surface area contributed by atoms with E-state index < -0.39 is 18.3 Å². The van der Waals surface area contributed by atoms with Crippen LogP contribution in [0.1, 0.15) is 30.1 Å². The molecule has 0 unspecified atom stereocenters. The van der Waals surface area contributed by atoms with Gasteiger partial charge in [-0.3, -0.25) is 10.1 Å². The fourth-order valence-electron chi connectivity index (χ4n) is 4.35. The predicted molar refractivity (Wildman–Crippen MR) is 172 cm³/mol. The third-order valence-corrected chi connectivity index (χ3v) is 6.54. The van der Waals surface area contributed by atoms with Gasteiger partial charge in [0.25, 0.3) is 0 Å². The van der Waals surface area contributed by atoms with Gasteiger partial charge in [0.1, 0.15) is 24.2 Å². The summed E-state index contributed by atoms with van der Waals surface area (Å²) in [6.45, 7) is 0.0169. The molecule has 230 valence electrons. The second-order valence-corrected chi connectivity index (χ2v) is 9.81. The molecule has 0 bridgehead atoms. The molecule has 0 heterocycles. The summed E-state index contributed by atoms with van der Waals surface area (Å²) in [7, 11) is 0. The predicted octanol–water partition coefficient (Wildman–Crippen LogP) is 6.22. The van der Waals surface area contributed by atoms with Crippen LogP contribution in [0.2, 0.25) is 0 Å². The van der Waals surface area contributed by atoms with Gasteiger partial charge in [0.15, 0.2) is 6.10 Å². The lowest BCUT2D eigenvalue weighted by Gasteiger charge is -2.28. The van der Waals surface area contributed by atoms with Crippen molar-refractivity contribution < 1.29 is 28.9 Å². The van der Waals surface area contributed by atoms with Crippen LogP contribution < -0.4 is 25.8 Å². The Bertz CT molecular complexity index is 1600. The number of amides is 2.